The highest BCUT2D eigenvalue weighted by atomic mass is 32.2. The van der Waals surface area contributed by atoms with Crippen LogP contribution < -0.4 is 4.74 Å². The largest absolute Gasteiger partial charge is 0.416 e. The summed E-state index contributed by atoms with van der Waals surface area (Å²) in [4.78, 5) is 16.7. The van der Waals surface area contributed by atoms with Gasteiger partial charge in [-0.1, -0.05) is 6.07 Å². The summed E-state index contributed by atoms with van der Waals surface area (Å²) < 4.78 is 56.8. The standard InChI is InChI=1S/C16H17F2N3O4S/c1-11(22)20-7-9-21(10-8-20)26(23,24)14-4-2-3-13-12(14)5-6-19-15(13)25-16(17)18/h2-6,16H,7-10H2,1H3. The molecule has 0 spiro atoms. The lowest BCUT2D eigenvalue weighted by Gasteiger charge is -2.33. The summed E-state index contributed by atoms with van der Waals surface area (Å²) in [6.07, 6.45) is 1.23. The minimum Gasteiger partial charge on any atom is -0.416 e. The van der Waals surface area contributed by atoms with Crippen LogP contribution >= 0.6 is 0 Å². The number of alkyl halides is 2. The highest BCUT2D eigenvalue weighted by Gasteiger charge is 2.30. The number of aromatic nitrogens is 1. The third-order valence-electron chi connectivity index (χ3n) is 4.23. The lowest BCUT2D eigenvalue weighted by molar-refractivity contribution is -0.129. The molecular weight excluding hydrogens is 368 g/mol. The zero-order valence-electron chi connectivity index (χ0n) is 13.9. The van der Waals surface area contributed by atoms with Crippen molar-refractivity contribution in [1.82, 2.24) is 14.2 Å². The van der Waals surface area contributed by atoms with Gasteiger partial charge in [0.1, 0.15) is 0 Å². The van der Waals surface area contributed by atoms with Gasteiger partial charge in [-0.2, -0.15) is 13.1 Å². The fourth-order valence-corrected chi connectivity index (χ4v) is 4.57. The Hall–Kier alpha value is -2.33. The van der Waals surface area contributed by atoms with E-state index in [1.165, 1.54) is 41.7 Å². The summed E-state index contributed by atoms with van der Waals surface area (Å²) >= 11 is 0. The first-order valence-corrected chi connectivity index (χ1v) is 9.33. The van der Waals surface area contributed by atoms with Crippen LogP contribution in [-0.4, -0.2) is 61.3 Å². The van der Waals surface area contributed by atoms with Gasteiger partial charge < -0.3 is 9.64 Å². The molecule has 26 heavy (non-hydrogen) atoms. The van der Waals surface area contributed by atoms with Gasteiger partial charge in [-0.15, -0.1) is 0 Å². The predicted octanol–water partition coefficient (Wildman–Crippen LogP) is 1.69. The lowest BCUT2D eigenvalue weighted by Crippen LogP contribution is -2.49. The number of fused-ring (bicyclic) bond motifs is 1. The van der Waals surface area contributed by atoms with Crippen molar-refractivity contribution in [3.8, 4) is 5.88 Å². The van der Waals surface area contributed by atoms with E-state index in [1.807, 2.05) is 0 Å². The maximum absolute atomic E-state index is 13.0. The third kappa shape index (κ3) is 3.47. The number of rotatable bonds is 4. The number of halogens is 2. The van der Waals surface area contributed by atoms with Crippen molar-refractivity contribution >= 4 is 26.7 Å². The topological polar surface area (TPSA) is 79.8 Å². The van der Waals surface area contributed by atoms with Crippen LogP contribution in [0.5, 0.6) is 5.88 Å². The zero-order valence-corrected chi connectivity index (χ0v) is 14.7. The second kappa shape index (κ2) is 7.12. The first-order valence-electron chi connectivity index (χ1n) is 7.89. The Labute approximate surface area is 149 Å². The van der Waals surface area contributed by atoms with Crippen LogP contribution in [0.3, 0.4) is 0 Å². The van der Waals surface area contributed by atoms with Crippen LogP contribution in [0.25, 0.3) is 10.8 Å². The molecule has 0 unspecified atom stereocenters. The van der Waals surface area contributed by atoms with Crippen LogP contribution in [0.1, 0.15) is 6.92 Å². The molecule has 0 saturated carbocycles. The van der Waals surface area contributed by atoms with Gasteiger partial charge >= 0.3 is 6.61 Å². The number of carbonyl (C=O) groups excluding carboxylic acids is 1. The SMILES string of the molecule is CC(=O)N1CCN(S(=O)(=O)c2cccc3c(OC(F)F)nccc23)CC1. The van der Waals surface area contributed by atoms with Crippen molar-refractivity contribution in [2.45, 2.75) is 18.4 Å². The smallest absolute Gasteiger partial charge is 0.388 e. The van der Waals surface area contributed by atoms with Gasteiger partial charge in [0.25, 0.3) is 0 Å². The molecule has 2 aromatic rings. The van der Waals surface area contributed by atoms with E-state index in [9.17, 15) is 22.0 Å². The predicted molar refractivity (Wildman–Crippen MR) is 89.4 cm³/mol. The number of benzene rings is 1. The number of amides is 1. The average Bonchev–Trinajstić information content (AvgIpc) is 2.61. The van der Waals surface area contributed by atoms with Crippen molar-refractivity contribution in [2.24, 2.45) is 0 Å². The van der Waals surface area contributed by atoms with E-state index < -0.39 is 16.6 Å². The van der Waals surface area contributed by atoms with Gasteiger partial charge in [0.2, 0.25) is 21.8 Å². The van der Waals surface area contributed by atoms with Crippen LogP contribution in [0, 0.1) is 0 Å². The van der Waals surface area contributed by atoms with Crippen LogP contribution in [0.2, 0.25) is 0 Å². The van der Waals surface area contributed by atoms with E-state index in [0.717, 1.165) is 0 Å². The van der Waals surface area contributed by atoms with E-state index in [2.05, 4.69) is 9.72 Å². The van der Waals surface area contributed by atoms with Gasteiger partial charge in [-0.05, 0) is 18.2 Å². The monoisotopic (exact) mass is 385 g/mol. The Morgan fingerprint density at radius 3 is 2.46 bits per heavy atom. The zero-order chi connectivity index (χ0) is 18.9. The summed E-state index contributed by atoms with van der Waals surface area (Å²) in [5.41, 5.74) is 0. The molecule has 1 saturated heterocycles. The Morgan fingerprint density at radius 1 is 1.15 bits per heavy atom. The normalized spacial score (nSPS) is 16.2. The number of sulfonamides is 1. The number of hydrogen-bond acceptors (Lipinski definition) is 5. The quantitative estimate of drug-likeness (QED) is 0.800. The molecular formula is C16H17F2N3O4S. The lowest BCUT2D eigenvalue weighted by atomic mass is 10.2. The van der Waals surface area contributed by atoms with Gasteiger partial charge in [-0.3, -0.25) is 4.79 Å². The van der Waals surface area contributed by atoms with Crippen molar-refractivity contribution < 1.29 is 26.7 Å². The molecule has 1 aromatic heterocycles. The molecule has 1 fully saturated rings. The van der Waals surface area contributed by atoms with E-state index in [0.29, 0.717) is 13.1 Å². The van der Waals surface area contributed by atoms with Crippen LogP contribution in [-0.2, 0) is 14.8 Å². The number of nitrogens with zero attached hydrogens (tertiary/aromatic N) is 3. The van der Waals surface area contributed by atoms with Gasteiger partial charge in [0.05, 0.1) is 4.90 Å². The first-order chi connectivity index (χ1) is 12.3. The molecule has 1 aliphatic rings. The molecule has 10 heteroatoms. The van der Waals surface area contributed by atoms with Crippen molar-refractivity contribution in [1.29, 1.82) is 0 Å². The molecule has 7 nitrogen and oxygen atoms in total. The second-order valence-corrected chi connectivity index (χ2v) is 7.66. The minimum atomic E-state index is -3.86. The van der Waals surface area contributed by atoms with Crippen molar-refractivity contribution in [2.75, 3.05) is 26.2 Å². The summed E-state index contributed by atoms with van der Waals surface area (Å²) in [5.74, 6) is -0.428. The van der Waals surface area contributed by atoms with E-state index in [4.69, 9.17) is 0 Å². The number of carbonyl (C=O) groups is 1. The Balaban J connectivity index is 1.98. The Morgan fingerprint density at radius 2 is 1.85 bits per heavy atom. The van der Waals surface area contributed by atoms with Gasteiger partial charge in [0.15, 0.2) is 0 Å². The van der Waals surface area contributed by atoms with Crippen molar-refractivity contribution in [3.63, 3.8) is 0 Å². The molecule has 0 bridgehead atoms. The summed E-state index contributed by atoms with van der Waals surface area (Å²) in [5, 5.41) is 0.448. The van der Waals surface area contributed by atoms with E-state index in [1.54, 1.807) is 4.90 Å². The molecule has 2 heterocycles. The van der Waals surface area contributed by atoms with E-state index >= 15 is 0 Å². The number of piperazine rings is 1. The average molecular weight is 385 g/mol. The van der Waals surface area contributed by atoms with Crippen molar-refractivity contribution in [3.05, 3.63) is 30.5 Å². The Kier molecular flexibility index (Phi) is 5.05. The van der Waals surface area contributed by atoms with Gasteiger partial charge in [0, 0.05) is 50.1 Å². The molecule has 1 aliphatic heterocycles. The molecule has 1 amide bonds. The molecule has 3 rings (SSSR count). The highest BCUT2D eigenvalue weighted by molar-refractivity contribution is 7.89. The Bertz CT molecular complexity index is 928. The number of hydrogen-bond donors (Lipinski definition) is 0. The fraction of sp³-hybridized carbons (Fsp3) is 0.375. The maximum atomic E-state index is 13.0. The van der Waals surface area contributed by atoms with Crippen LogP contribution in [0.15, 0.2) is 35.4 Å². The molecule has 0 aliphatic carbocycles. The van der Waals surface area contributed by atoms with Gasteiger partial charge in [-0.25, -0.2) is 13.4 Å². The maximum Gasteiger partial charge on any atom is 0.388 e. The second-order valence-electron chi connectivity index (χ2n) is 5.76. The molecule has 0 atom stereocenters. The first kappa shape index (κ1) is 18.5. The third-order valence-corrected chi connectivity index (χ3v) is 6.19. The molecule has 1 aromatic carbocycles. The molecule has 140 valence electrons. The number of ether oxygens (including phenoxy) is 1. The van der Waals surface area contributed by atoms with Crippen LogP contribution in [0.4, 0.5) is 8.78 Å². The highest BCUT2D eigenvalue weighted by Crippen LogP contribution is 2.31. The minimum absolute atomic E-state index is 0.00667. The number of pyridine rings is 1. The molecule has 0 radical (unpaired) electrons. The summed E-state index contributed by atoms with van der Waals surface area (Å²) in [7, 11) is -3.86. The fourth-order valence-electron chi connectivity index (χ4n) is 2.94. The summed E-state index contributed by atoms with van der Waals surface area (Å²) in [6.45, 7) is -0.672. The van der Waals surface area contributed by atoms with E-state index in [-0.39, 0.29) is 40.5 Å². The summed E-state index contributed by atoms with van der Waals surface area (Å²) in [6, 6.07) is 5.81. The molecule has 0 N–H and O–H groups in total.